The molecule has 0 aliphatic carbocycles. The minimum atomic E-state index is -0.485. The van der Waals surface area contributed by atoms with Gasteiger partial charge in [-0.2, -0.15) is 0 Å². The molecule has 0 bridgehead atoms. The number of carbonyl (C=O) groups excluding carboxylic acids is 1. The van der Waals surface area contributed by atoms with Crippen LogP contribution in [0.4, 0.5) is 10.1 Å². The van der Waals surface area contributed by atoms with Crippen LogP contribution in [0.5, 0.6) is 0 Å². The first kappa shape index (κ1) is 20.9. The lowest BCUT2D eigenvalue weighted by molar-refractivity contribution is -0.117. The average molecular weight is 419 g/mol. The summed E-state index contributed by atoms with van der Waals surface area (Å²) in [7, 11) is 1.56. The second-order valence-electron chi connectivity index (χ2n) is 6.41. The average Bonchev–Trinajstić information content (AvgIpc) is 2.68. The minimum absolute atomic E-state index is 0.00754. The quantitative estimate of drug-likeness (QED) is 0.587. The maximum Gasteiger partial charge on any atom is 0.258 e. The first-order valence-corrected chi connectivity index (χ1v) is 9.28. The van der Waals surface area contributed by atoms with Crippen molar-refractivity contribution in [3.8, 4) is 0 Å². The fourth-order valence-corrected chi connectivity index (χ4v) is 3.05. The zero-order valence-corrected chi connectivity index (χ0v) is 16.5. The van der Waals surface area contributed by atoms with Crippen LogP contribution < -0.4 is 10.9 Å². The van der Waals surface area contributed by atoms with Gasteiger partial charge < -0.3 is 15.0 Å². The predicted octanol–water partition coefficient (Wildman–Crippen LogP) is 2.80. The smallest absolute Gasteiger partial charge is 0.258 e. The van der Waals surface area contributed by atoms with E-state index in [1.807, 2.05) is 0 Å². The summed E-state index contributed by atoms with van der Waals surface area (Å²) in [5.74, 6) is -0.379. The molecule has 1 aromatic heterocycles. The van der Waals surface area contributed by atoms with E-state index >= 15 is 0 Å². The molecule has 152 valence electrons. The van der Waals surface area contributed by atoms with Crippen molar-refractivity contribution in [1.82, 2.24) is 14.9 Å². The summed E-state index contributed by atoms with van der Waals surface area (Å²) in [6.45, 7) is 1.08. The normalized spacial score (nSPS) is 11.2. The molecule has 3 aromatic rings. The Balaban J connectivity index is 1.74. The fraction of sp³-hybridized carbons (Fsp3) is 0.250. The molecule has 0 aliphatic rings. The summed E-state index contributed by atoms with van der Waals surface area (Å²) in [5.41, 5.74) is 0.669. The number of hydrogen-bond acceptors (Lipinski definition) is 5. The molecule has 0 radical (unpaired) electrons. The molecule has 0 saturated heterocycles. The summed E-state index contributed by atoms with van der Waals surface area (Å²) >= 11 is 5.96. The highest BCUT2D eigenvalue weighted by atomic mass is 35.5. The van der Waals surface area contributed by atoms with Crippen molar-refractivity contribution in [3.05, 3.63) is 69.5 Å². The van der Waals surface area contributed by atoms with Gasteiger partial charge in [0, 0.05) is 13.7 Å². The van der Waals surface area contributed by atoms with Gasteiger partial charge in [-0.3, -0.25) is 14.5 Å². The highest BCUT2D eigenvalue weighted by Gasteiger charge is 2.15. The number of nitrogens with one attached hydrogen (secondary N) is 2. The zero-order chi connectivity index (χ0) is 20.8. The number of hydrogen-bond donors (Lipinski definition) is 2. The maximum absolute atomic E-state index is 13.2. The first-order valence-electron chi connectivity index (χ1n) is 8.90. The molecule has 0 unspecified atom stereocenters. The molecule has 1 amide bonds. The van der Waals surface area contributed by atoms with Crippen LogP contribution in [0, 0.1) is 5.82 Å². The van der Waals surface area contributed by atoms with Crippen LogP contribution in [0.15, 0.2) is 47.3 Å². The van der Waals surface area contributed by atoms with Gasteiger partial charge in [-0.1, -0.05) is 23.7 Å². The Morgan fingerprint density at radius 1 is 1.31 bits per heavy atom. The third kappa shape index (κ3) is 5.60. The molecule has 7 nitrogen and oxygen atoms in total. The SMILES string of the molecule is COCCN(CC(=O)Nc1ccc(F)cc1Cl)Cc1nc2ccccc2c(=O)[nH]1. The first-order chi connectivity index (χ1) is 14.0. The molecule has 0 saturated carbocycles. The molecule has 2 N–H and O–H groups in total. The third-order valence-corrected chi connectivity index (χ3v) is 4.53. The van der Waals surface area contributed by atoms with Crippen molar-refractivity contribution in [1.29, 1.82) is 0 Å². The highest BCUT2D eigenvalue weighted by molar-refractivity contribution is 6.33. The molecule has 0 fully saturated rings. The lowest BCUT2D eigenvalue weighted by atomic mass is 10.2. The number of benzene rings is 2. The summed E-state index contributed by atoms with van der Waals surface area (Å²) in [4.78, 5) is 33.7. The summed E-state index contributed by atoms with van der Waals surface area (Å²) < 4.78 is 18.3. The van der Waals surface area contributed by atoms with E-state index in [1.165, 1.54) is 12.1 Å². The van der Waals surface area contributed by atoms with Crippen LogP contribution in [0.1, 0.15) is 5.82 Å². The number of amides is 1. The van der Waals surface area contributed by atoms with Gasteiger partial charge in [-0.15, -0.1) is 0 Å². The number of fused-ring (bicyclic) bond motifs is 1. The minimum Gasteiger partial charge on any atom is -0.383 e. The molecule has 3 rings (SSSR count). The predicted molar refractivity (Wildman–Crippen MR) is 110 cm³/mol. The Bertz CT molecular complexity index is 1070. The fourth-order valence-electron chi connectivity index (χ4n) is 2.84. The van der Waals surface area contributed by atoms with E-state index in [2.05, 4.69) is 15.3 Å². The summed E-state index contributed by atoms with van der Waals surface area (Å²) in [6.07, 6.45) is 0. The lowest BCUT2D eigenvalue weighted by Gasteiger charge is -2.21. The monoisotopic (exact) mass is 418 g/mol. The molecule has 29 heavy (non-hydrogen) atoms. The van der Waals surface area contributed by atoms with Crippen molar-refractivity contribution < 1.29 is 13.9 Å². The van der Waals surface area contributed by atoms with Crippen LogP contribution >= 0.6 is 11.6 Å². The second-order valence-corrected chi connectivity index (χ2v) is 6.81. The van der Waals surface area contributed by atoms with Crippen molar-refractivity contribution in [3.63, 3.8) is 0 Å². The van der Waals surface area contributed by atoms with Gasteiger partial charge >= 0.3 is 0 Å². The Hall–Kier alpha value is -2.81. The van der Waals surface area contributed by atoms with Gasteiger partial charge in [-0.25, -0.2) is 9.37 Å². The molecular formula is C20H20ClFN4O3. The number of rotatable bonds is 8. The number of ether oxygens (including phenoxy) is 1. The number of carbonyl (C=O) groups is 1. The number of H-pyrrole nitrogens is 1. The Labute approximate surface area is 171 Å². The Kier molecular flexibility index (Phi) is 6.92. The Morgan fingerprint density at radius 3 is 2.86 bits per heavy atom. The maximum atomic E-state index is 13.2. The number of aromatic nitrogens is 2. The summed E-state index contributed by atoms with van der Waals surface area (Å²) in [6, 6.07) is 10.8. The van der Waals surface area contributed by atoms with Crippen molar-refractivity contribution in [2.24, 2.45) is 0 Å². The van der Waals surface area contributed by atoms with Gasteiger partial charge in [0.1, 0.15) is 11.6 Å². The van der Waals surface area contributed by atoms with E-state index in [4.69, 9.17) is 16.3 Å². The number of aromatic amines is 1. The molecule has 1 heterocycles. The van der Waals surface area contributed by atoms with E-state index in [0.29, 0.717) is 35.6 Å². The number of methoxy groups -OCH3 is 1. The standard InChI is InChI=1S/C20H20ClFN4O3/c1-29-9-8-26(12-19(27)24-17-7-6-13(22)10-15(17)21)11-18-23-16-5-3-2-4-14(16)20(28)25-18/h2-7,10H,8-9,11-12H2,1H3,(H,24,27)(H,23,25,28). The third-order valence-electron chi connectivity index (χ3n) is 4.22. The van der Waals surface area contributed by atoms with E-state index in [0.717, 1.165) is 6.07 Å². The van der Waals surface area contributed by atoms with Crippen LogP contribution in [0.3, 0.4) is 0 Å². The molecular weight excluding hydrogens is 399 g/mol. The van der Waals surface area contributed by atoms with E-state index in [9.17, 15) is 14.0 Å². The van der Waals surface area contributed by atoms with Gasteiger partial charge in [0.25, 0.3) is 5.56 Å². The number of anilines is 1. The highest BCUT2D eigenvalue weighted by Crippen LogP contribution is 2.22. The van der Waals surface area contributed by atoms with Crippen molar-refractivity contribution >= 4 is 34.1 Å². The van der Waals surface area contributed by atoms with Gasteiger partial charge in [-0.05, 0) is 30.3 Å². The molecule has 0 atom stereocenters. The summed E-state index contributed by atoms with van der Waals surface area (Å²) in [5, 5.41) is 3.28. The zero-order valence-electron chi connectivity index (χ0n) is 15.7. The molecule has 2 aromatic carbocycles. The van der Waals surface area contributed by atoms with Crippen LogP contribution in [-0.4, -0.2) is 47.6 Å². The number of para-hydroxylation sites is 1. The van der Waals surface area contributed by atoms with Gasteiger partial charge in [0.05, 0.1) is 41.3 Å². The number of nitrogens with zero attached hydrogens (tertiary/aromatic N) is 2. The van der Waals surface area contributed by atoms with Crippen molar-refractivity contribution in [2.75, 3.05) is 32.1 Å². The molecule has 9 heteroatoms. The van der Waals surface area contributed by atoms with Gasteiger partial charge in [0.2, 0.25) is 5.91 Å². The number of halogens is 2. The second kappa shape index (κ2) is 9.60. The van der Waals surface area contributed by atoms with E-state index < -0.39 is 5.82 Å². The topological polar surface area (TPSA) is 87.3 Å². The lowest BCUT2D eigenvalue weighted by Crippen LogP contribution is -2.36. The molecule has 0 spiro atoms. The van der Waals surface area contributed by atoms with E-state index in [-0.39, 0.29) is 29.6 Å². The van der Waals surface area contributed by atoms with Crippen LogP contribution in [0.2, 0.25) is 5.02 Å². The van der Waals surface area contributed by atoms with Gasteiger partial charge in [0.15, 0.2) is 0 Å². The Morgan fingerprint density at radius 2 is 2.10 bits per heavy atom. The largest absolute Gasteiger partial charge is 0.383 e. The van der Waals surface area contributed by atoms with Crippen molar-refractivity contribution in [2.45, 2.75) is 6.54 Å². The van der Waals surface area contributed by atoms with Crippen LogP contribution in [0.25, 0.3) is 10.9 Å². The van der Waals surface area contributed by atoms with Crippen LogP contribution in [-0.2, 0) is 16.1 Å². The van der Waals surface area contributed by atoms with E-state index in [1.54, 1.807) is 36.3 Å². The molecule has 0 aliphatic heterocycles.